The molecule has 0 radical (unpaired) electrons. The smallest absolute Gasteiger partial charge is 0.0837 e. The average molecular weight is 408 g/mol. The van der Waals surface area contributed by atoms with Crippen LogP contribution in [0.15, 0.2) is 33.3 Å². The molecule has 0 saturated heterocycles. The summed E-state index contributed by atoms with van der Waals surface area (Å²) in [5.74, 6) is 0. The van der Waals surface area contributed by atoms with Crippen molar-refractivity contribution in [3.05, 3.63) is 49.6 Å². The predicted octanol–water partition coefficient (Wildman–Crippen LogP) is 4.39. The van der Waals surface area contributed by atoms with Gasteiger partial charge in [0.05, 0.1) is 23.0 Å². The van der Waals surface area contributed by atoms with Crippen molar-refractivity contribution in [2.75, 3.05) is 7.05 Å². The minimum atomic E-state index is -0.0122. The van der Waals surface area contributed by atoms with E-state index >= 15 is 0 Å². The van der Waals surface area contributed by atoms with Crippen molar-refractivity contribution in [3.8, 4) is 0 Å². The first-order chi connectivity index (χ1) is 9.08. The van der Waals surface area contributed by atoms with Crippen molar-refractivity contribution >= 4 is 43.5 Å². The first kappa shape index (κ1) is 15.0. The fourth-order valence-corrected chi connectivity index (χ4v) is 3.19. The number of benzene rings is 1. The lowest BCUT2D eigenvalue weighted by Crippen LogP contribution is -2.22. The number of hydrogen-bond acceptors (Lipinski definition) is 2. The number of nitrogens with one attached hydrogen (secondary N) is 1. The molecule has 0 amide bonds. The highest BCUT2D eigenvalue weighted by atomic mass is 79.9. The van der Waals surface area contributed by atoms with Crippen LogP contribution in [0.4, 0.5) is 0 Å². The number of nitrogens with zero attached hydrogens (tertiary/aromatic N) is 2. The fraction of sp³-hybridized carbons (Fsp3) is 0.308. The van der Waals surface area contributed by atoms with E-state index < -0.39 is 0 Å². The van der Waals surface area contributed by atoms with Gasteiger partial charge in [0.15, 0.2) is 0 Å². The molecule has 1 atom stereocenters. The monoisotopic (exact) mass is 405 g/mol. The molecule has 3 nitrogen and oxygen atoms in total. The van der Waals surface area contributed by atoms with E-state index in [9.17, 15) is 0 Å². The molecule has 0 aliphatic carbocycles. The summed E-state index contributed by atoms with van der Waals surface area (Å²) in [5, 5.41) is 8.28. The van der Waals surface area contributed by atoms with Gasteiger partial charge in [0.1, 0.15) is 0 Å². The summed E-state index contributed by atoms with van der Waals surface area (Å²) in [6, 6.07) is 6.08. The highest BCUT2D eigenvalue weighted by molar-refractivity contribution is 9.11. The largest absolute Gasteiger partial charge is 0.308 e. The van der Waals surface area contributed by atoms with E-state index in [0.29, 0.717) is 5.02 Å². The zero-order valence-electron chi connectivity index (χ0n) is 10.6. The zero-order valence-corrected chi connectivity index (χ0v) is 14.6. The Hall–Kier alpha value is -0.360. The first-order valence-corrected chi connectivity index (χ1v) is 7.88. The van der Waals surface area contributed by atoms with Gasteiger partial charge in [-0.3, -0.25) is 4.68 Å². The van der Waals surface area contributed by atoms with Crippen molar-refractivity contribution in [1.82, 2.24) is 15.1 Å². The molecule has 0 spiro atoms. The highest BCUT2D eigenvalue weighted by Crippen LogP contribution is 2.33. The van der Waals surface area contributed by atoms with E-state index in [1.165, 1.54) is 0 Å². The Morgan fingerprint density at radius 3 is 2.79 bits per heavy atom. The Balaban J connectivity index is 2.56. The van der Waals surface area contributed by atoms with Gasteiger partial charge in [-0.15, -0.1) is 0 Å². The molecular weight excluding hydrogens is 393 g/mol. The Morgan fingerprint density at radius 1 is 1.42 bits per heavy atom. The zero-order chi connectivity index (χ0) is 14.0. The minimum absolute atomic E-state index is 0.0122. The predicted molar refractivity (Wildman–Crippen MR) is 85.7 cm³/mol. The maximum Gasteiger partial charge on any atom is 0.0837 e. The Bertz CT molecular complexity index is 583. The van der Waals surface area contributed by atoms with E-state index in [-0.39, 0.29) is 6.04 Å². The van der Waals surface area contributed by atoms with Gasteiger partial charge in [-0.1, -0.05) is 43.5 Å². The van der Waals surface area contributed by atoms with Crippen LogP contribution in [0.1, 0.15) is 24.2 Å². The Labute approximate surface area is 134 Å². The van der Waals surface area contributed by atoms with Crippen molar-refractivity contribution in [3.63, 3.8) is 0 Å². The molecule has 1 unspecified atom stereocenters. The average Bonchev–Trinajstić information content (AvgIpc) is 2.76. The van der Waals surface area contributed by atoms with Gasteiger partial charge in [0, 0.05) is 15.5 Å². The van der Waals surface area contributed by atoms with Crippen molar-refractivity contribution in [2.24, 2.45) is 0 Å². The third kappa shape index (κ3) is 3.05. The summed E-state index contributed by atoms with van der Waals surface area (Å²) in [5.41, 5.74) is 2.10. The van der Waals surface area contributed by atoms with Gasteiger partial charge in [-0.05, 0) is 37.7 Å². The fourth-order valence-electron chi connectivity index (χ4n) is 2.09. The molecular formula is C13H14Br2ClN3. The van der Waals surface area contributed by atoms with Gasteiger partial charge in [-0.25, -0.2) is 0 Å². The number of aryl methyl sites for hydroxylation is 1. The van der Waals surface area contributed by atoms with Crippen LogP contribution in [0.3, 0.4) is 0 Å². The van der Waals surface area contributed by atoms with E-state index in [2.05, 4.69) is 55.3 Å². The van der Waals surface area contributed by atoms with Gasteiger partial charge >= 0.3 is 0 Å². The summed E-state index contributed by atoms with van der Waals surface area (Å²) < 4.78 is 3.98. The van der Waals surface area contributed by atoms with Crippen LogP contribution in [-0.2, 0) is 6.54 Å². The van der Waals surface area contributed by atoms with Crippen LogP contribution < -0.4 is 5.32 Å². The molecule has 0 aliphatic heterocycles. The molecule has 0 aliphatic rings. The molecule has 1 aromatic heterocycles. The van der Waals surface area contributed by atoms with E-state index in [1.54, 1.807) is 6.20 Å². The van der Waals surface area contributed by atoms with E-state index in [0.717, 1.165) is 26.7 Å². The van der Waals surface area contributed by atoms with Gasteiger partial charge in [-0.2, -0.15) is 5.10 Å². The second-order valence-corrected chi connectivity index (χ2v) is 6.26. The molecule has 1 heterocycles. The molecule has 1 aromatic carbocycles. The van der Waals surface area contributed by atoms with Gasteiger partial charge in [0.25, 0.3) is 0 Å². The summed E-state index contributed by atoms with van der Waals surface area (Å²) in [7, 11) is 1.92. The van der Waals surface area contributed by atoms with E-state index in [1.807, 2.05) is 23.9 Å². The van der Waals surface area contributed by atoms with Crippen molar-refractivity contribution in [2.45, 2.75) is 19.5 Å². The maximum absolute atomic E-state index is 6.29. The lowest BCUT2D eigenvalue weighted by molar-refractivity contribution is 0.562. The SMILES string of the molecule is CCn1ncc(Cl)c1C(NC)c1cc(Br)ccc1Br. The topological polar surface area (TPSA) is 29.9 Å². The molecule has 0 saturated carbocycles. The highest BCUT2D eigenvalue weighted by Gasteiger charge is 2.22. The van der Waals surface area contributed by atoms with Crippen LogP contribution in [0.25, 0.3) is 0 Å². The summed E-state index contributed by atoms with van der Waals surface area (Å²) in [6.45, 7) is 2.83. The number of hydrogen-bond donors (Lipinski definition) is 1. The lowest BCUT2D eigenvalue weighted by Gasteiger charge is -2.20. The number of halogens is 3. The molecule has 2 rings (SSSR count). The van der Waals surface area contributed by atoms with Crippen LogP contribution in [0, 0.1) is 0 Å². The molecule has 0 fully saturated rings. The number of aromatic nitrogens is 2. The van der Waals surface area contributed by atoms with Gasteiger partial charge < -0.3 is 5.32 Å². The summed E-state index contributed by atoms with van der Waals surface area (Å²) in [6.07, 6.45) is 1.69. The first-order valence-electron chi connectivity index (χ1n) is 5.91. The standard InChI is InChI=1S/C13H14Br2ClN3/c1-3-19-13(11(16)7-18-19)12(17-2)9-6-8(14)4-5-10(9)15/h4-7,12,17H,3H2,1-2H3. The molecule has 2 aromatic rings. The van der Waals surface area contributed by atoms with E-state index in [4.69, 9.17) is 11.6 Å². The summed E-state index contributed by atoms with van der Waals surface area (Å²) in [4.78, 5) is 0. The third-order valence-electron chi connectivity index (χ3n) is 2.96. The minimum Gasteiger partial charge on any atom is -0.308 e. The van der Waals surface area contributed by atoms with Crippen LogP contribution >= 0.6 is 43.5 Å². The van der Waals surface area contributed by atoms with Crippen molar-refractivity contribution in [1.29, 1.82) is 0 Å². The Kier molecular flexibility index (Phi) is 5.06. The van der Waals surface area contributed by atoms with Crippen LogP contribution in [-0.4, -0.2) is 16.8 Å². The molecule has 19 heavy (non-hydrogen) atoms. The maximum atomic E-state index is 6.29. The molecule has 1 N–H and O–H groups in total. The van der Waals surface area contributed by atoms with Crippen molar-refractivity contribution < 1.29 is 0 Å². The molecule has 0 bridgehead atoms. The normalized spacial score (nSPS) is 12.7. The third-order valence-corrected chi connectivity index (χ3v) is 4.47. The summed E-state index contributed by atoms with van der Waals surface area (Å²) >= 11 is 13.4. The molecule has 6 heteroatoms. The second-order valence-electron chi connectivity index (χ2n) is 4.08. The van der Waals surface area contributed by atoms with Crippen LogP contribution in [0.2, 0.25) is 5.02 Å². The Morgan fingerprint density at radius 2 is 2.16 bits per heavy atom. The second kappa shape index (κ2) is 6.39. The number of rotatable bonds is 4. The van der Waals surface area contributed by atoms with Gasteiger partial charge in [0.2, 0.25) is 0 Å². The molecule has 102 valence electrons. The quantitative estimate of drug-likeness (QED) is 0.815. The lowest BCUT2D eigenvalue weighted by atomic mass is 10.0. The van der Waals surface area contributed by atoms with Crippen LogP contribution in [0.5, 0.6) is 0 Å².